The standard InChI is InChI=1S/C27H30N2O4S/c1-16(2)13-24(34)25(30)28-21-15-19-12-11-18(17-7-4-3-5-8-17)14-20(19)22-9-6-10-23(27(32)33)29(22)26(21)31/h3-5,7-8,11-12,14,16,21-23H,6,9-10,13,15H2,1-2H3,(H,28,30)(H,32,33)/t21-,22+,23-/m0/s1. The Hall–Kier alpha value is -3.06. The Morgan fingerprint density at radius 2 is 1.85 bits per heavy atom. The summed E-state index contributed by atoms with van der Waals surface area (Å²) in [6, 6.07) is 14.0. The Morgan fingerprint density at radius 3 is 2.53 bits per heavy atom. The highest BCUT2D eigenvalue weighted by atomic mass is 32.1. The van der Waals surface area contributed by atoms with Crippen molar-refractivity contribution in [1.82, 2.24) is 10.2 Å². The zero-order valence-corrected chi connectivity index (χ0v) is 20.3. The normalized spacial score (nSPS) is 21.9. The van der Waals surface area contributed by atoms with Crippen molar-refractivity contribution in [2.75, 3.05) is 0 Å². The number of benzene rings is 2. The monoisotopic (exact) mass is 478 g/mol. The van der Waals surface area contributed by atoms with Crippen molar-refractivity contribution in [3.05, 3.63) is 59.7 Å². The summed E-state index contributed by atoms with van der Waals surface area (Å²) in [6.45, 7) is 3.96. The van der Waals surface area contributed by atoms with E-state index in [4.69, 9.17) is 12.2 Å². The van der Waals surface area contributed by atoms with Crippen molar-refractivity contribution < 1.29 is 19.5 Å². The number of fused-ring (bicyclic) bond motifs is 3. The van der Waals surface area contributed by atoms with E-state index in [9.17, 15) is 19.5 Å². The number of aliphatic carboxylic acids is 1. The number of piperidine rings is 1. The Bertz CT molecular complexity index is 1110. The van der Waals surface area contributed by atoms with E-state index in [1.165, 1.54) is 4.90 Å². The molecule has 0 unspecified atom stereocenters. The maximum absolute atomic E-state index is 13.7. The van der Waals surface area contributed by atoms with E-state index < -0.39 is 24.0 Å². The molecule has 0 bridgehead atoms. The largest absolute Gasteiger partial charge is 0.480 e. The molecule has 0 aliphatic carbocycles. The fourth-order valence-electron chi connectivity index (χ4n) is 5.06. The molecule has 0 saturated carbocycles. The SMILES string of the molecule is CC(C)CC(=S)C(=O)N[C@H]1Cc2ccc(-c3ccccc3)cc2[C@H]2CCC[C@@H](C(=O)O)N2C1=O. The van der Waals surface area contributed by atoms with Gasteiger partial charge < -0.3 is 15.3 Å². The van der Waals surface area contributed by atoms with E-state index in [0.717, 1.165) is 28.7 Å². The van der Waals surface area contributed by atoms with E-state index in [1.807, 2.05) is 56.3 Å². The molecule has 1 saturated heterocycles. The summed E-state index contributed by atoms with van der Waals surface area (Å²) in [7, 11) is 0. The first-order valence-electron chi connectivity index (χ1n) is 11.8. The second kappa shape index (κ2) is 10.1. The van der Waals surface area contributed by atoms with Crippen LogP contribution in [-0.4, -0.2) is 44.7 Å². The van der Waals surface area contributed by atoms with Crippen LogP contribution in [0.3, 0.4) is 0 Å². The molecule has 4 rings (SSSR count). The zero-order chi connectivity index (χ0) is 24.4. The van der Waals surface area contributed by atoms with Crippen molar-refractivity contribution in [2.45, 2.75) is 64.1 Å². The summed E-state index contributed by atoms with van der Waals surface area (Å²) < 4.78 is 0. The topological polar surface area (TPSA) is 86.7 Å². The molecule has 2 aromatic rings. The van der Waals surface area contributed by atoms with Gasteiger partial charge in [0.25, 0.3) is 5.91 Å². The van der Waals surface area contributed by atoms with Crippen LogP contribution in [0, 0.1) is 5.92 Å². The Morgan fingerprint density at radius 1 is 1.12 bits per heavy atom. The number of hydrogen-bond acceptors (Lipinski definition) is 4. The smallest absolute Gasteiger partial charge is 0.326 e. The molecule has 2 N–H and O–H groups in total. The molecule has 34 heavy (non-hydrogen) atoms. The first kappa shape index (κ1) is 24.1. The quantitative estimate of drug-likeness (QED) is 0.604. The van der Waals surface area contributed by atoms with Crippen molar-refractivity contribution in [2.24, 2.45) is 5.92 Å². The molecule has 6 nitrogen and oxygen atoms in total. The molecule has 7 heteroatoms. The second-order valence-electron chi connectivity index (χ2n) is 9.58. The lowest BCUT2D eigenvalue weighted by Crippen LogP contribution is -2.56. The van der Waals surface area contributed by atoms with Gasteiger partial charge >= 0.3 is 5.97 Å². The van der Waals surface area contributed by atoms with Crippen molar-refractivity contribution in [3.8, 4) is 11.1 Å². The summed E-state index contributed by atoms with van der Waals surface area (Å²) >= 11 is 5.29. The molecule has 0 aromatic heterocycles. The van der Waals surface area contributed by atoms with Crippen LogP contribution in [0.1, 0.15) is 56.7 Å². The summed E-state index contributed by atoms with van der Waals surface area (Å²) in [4.78, 5) is 40.4. The summed E-state index contributed by atoms with van der Waals surface area (Å²) in [6.07, 6.45) is 2.57. The maximum Gasteiger partial charge on any atom is 0.326 e. The molecular formula is C27H30N2O4S. The van der Waals surface area contributed by atoms with Crippen molar-refractivity contribution in [3.63, 3.8) is 0 Å². The van der Waals surface area contributed by atoms with E-state index >= 15 is 0 Å². The van der Waals surface area contributed by atoms with Gasteiger partial charge in [0.1, 0.15) is 12.1 Å². The number of rotatable bonds is 6. The van der Waals surface area contributed by atoms with Gasteiger partial charge in [0.05, 0.1) is 10.9 Å². The van der Waals surface area contributed by atoms with Gasteiger partial charge in [-0.1, -0.05) is 68.5 Å². The number of carbonyl (C=O) groups excluding carboxylic acids is 2. The number of carboxylic acid groups (broad SMARTS) is 1. The van der Waals surface area contributed by atoms with Crippen LogP contribution in [-0.2, 0) is 20.8 Å². The van der Waals surface area contributed by atoms with Crippen LogP contribution < -0.4 is 5.32 Å². The first-order valence-corrected chi connectivity index (χ1v) is 12.2. The number of hydrogen-bond donors (Lipinski definition) is 2. The molecule has 1 fully saturated rings. The fourth-order valence-corrected chi connectivity index (χ4v) is 5.45. The minimum atomic E-state index is -1.01. The number of carboxylic acids is 1. The molecule has 2 heterocycles. The van der Waals surface area contributed by atoms with Gasteiger partial charge in [-0.05, 0) is 59.9 Å². The highest BCUT2D eigenvalue weighted by Gasteiger charge is 2.44. The Labute approximate surface area is 205 Å². The van der Waals surface area contributed by atoms with Crippen LogP contribution >= 0.6 is 12.2 Å². The number of nitrogens with one attached hydrogen (secondary N) is 1. The van der Waals surface area contributed by atoms with Crippen molar-refractivity contribution >= 4 is 34.9 Å². The molecule has 2 aliphatic rings. The highest BCUT2D eigenvalue weighted by Crippen LogP contribution is 2.40. The molecular weight excluding hydrogens is 448 g/mol. The van der Waals surface area contributed by atoms with Gasteiger partial charge in [0.2, 0.25) is 5.91 Å². The second-order valence-corrected chi connectivity index (χ2v) is 10.1. The third-order valence-electron chi connectivity index (χ3n) is 6.65. The molecule has 2 aliphatic heterocycles. The average Bonchev–Trinajstić information content (AvgIpc) is 2.93. The Balaban J connectivity index is 1.74. The number of thiocarbonyl (C=S) groups is 1. The van der Waals surface area contributed by atoms with Crippen LogP contribution in [0.4, 0.5) is 0 Å². The lowest BCUT2D eigenvalue weighted by molar-refractivity contribution is -0.156. The third-order valence-corrected chi connectivity index (χ3v) is 7.00. The Kier molecular flexibility index (Phi) is 7.12. The summed E-state index contributed by atoms with van der Waals surface area (Å²) in [5, 5.41) is 12.8. The number of nitrogens with zero attached hydrogens (tertiary/aromatic N) is 1. The molecule has 0 spiro atoms. The van der Waals surface area contributed by atoms with E-state index in [1.54, 1.807) is 0 Å². The van der Waals surface area contributed by atoms with Crippen LogP contribution in [0.2, 0.25) is 0 Å². The van der Waals surface area contributed by atoms with Gasteiger partial charge in [-0.3, -0.25) is 9.59 Å². The van der Waals surface area contributed by atoms with Gasteiger partial charge in [-0.25, -0.2) is 4.79 Å². The molecule has 178 valence electrons. The van der Waals surface area contributed by atoms with Gasteiger partial charge in [-0.15, -0.1) is 0 Å². The molecule has 0 radical (unpaired) electrons. The predicted molar refractivity (Wildman–Crippen MR) is 134 cm³/mol. The molecule has 2 aromatic carbocycles. The predicted octanol–water partition coefficient (Wildman–Crippen LogP) is 4.32. The van der Waals surface area contributed by atoms with Crippen LogP contribution in [0.15, 0.2) is 48.5 Å². The van der Waals surface area contributed by atoms with Gasteiger partial charge in [0.15, 0.2) is 0 Å². The van der Waals surface area contributed by atoms with E-state index in [-0.39, 0.29) is 22.7 Å². The number of amides is 2. The minimum absolute atomic E-state index is 0.225. The lowest BCUT2D eigenvalue weighted by Gasteiger charge is -2.40. The first-order chi connectivity index (χ1) is 16.3. The van der Waals surface area contributed by atoms with Crippen LogP contribution in [0.25, 0.3) is 11.1 Å². The summed E-state index contributed by atoms with van der Waals surface area (Å²) in [5.74, 6) is -1.56. The van der Waals surface area contributed by atoms with Crippen molar-refractivity contribution in [1.29, 1.82) is 0 Å². The van der Waals surface area contributed by atoms with E-state index in [0.29, 0.717) is 25.7 Å². The minimum Gasteiger partial charge on any atom is -0.480 e. The van der Waals surface area contributed by atoms with Crippen LogP contribution in [0.5, 0.6) is 0 Å². The lowest BCUT2D eigenvalue weighted by atomic mass is 9.87. The molecule has 2 amide bonds. The maximum atomic E-state index is 13.7. The van der Waals surface area contributed by atoms with E-state index in [2.05, 4.69) is 11.4 Å². The third kappa shape index (κ3) is 4.89. The number of carbonyl (C=O) groups is 3. The summed E-state index contributed by atoms with van der Waals surface area (Å²) in [5.41, 5.74) is 3.99. The fraction of sp³-hybridized carbons (Fsp3) is 0.407. The average molecular weight is 479 g/mol. The van der Waals surface area contributed by atoms with Gasteiger partial charge in [-0.2, -0.15) is 0 Å². The van der Waals surface area contributed by atoms with Gasteiger partial charge in [0, 0.05) is 6.42 Å². The zero-order valence-electron chi connectivity index (χ0n) is 19.5. The molecule has 3 atom stereocenters. The highest BCUT2D eigenvalue weighted by molar-refractivity contribution is 7.82.